The number of fused-ring (bicyclic) bond motifs is 1. The van der Waals surface area contributed by atoms with Gasteiger partial charge in [-0.1, -0.05) is 17.7 Å². The first-order valence-electron chi connectivity index (χ1n) is 8.81. The van der Waals surface area contributed by atoms with E-state index in [0.717, 1.165) is 17.7 Å². The van der Waals surface area contributed by atoms with Gasteiger partial charge < -0.3 is 20.1 Å². The largest absolute Gasteiger partial charge is 0.488 e. The van der Waals surface area contributed by atoms with Crippen LogP contribution in [-0.4, -0.2) is 47.1 Å². The third kappa shape index (κ3) is 3.81. The second-order valence-electron chi connectivity index (χ2n) is 6.73. The van der Waals surface area contributed by atoms with Crippen molar-refractivity contribution in [3.05, 3.63) is 45.1 Å². The minimum absolute atomic E-state index is 0.00116. The quantitative estimate of drug-likeness (QED) is 0.821. The Bertz CT molecular complexity index is 884. The molecule has 142 valence electrons. The number of halogens is 1. The smallest absolute Gasteiger partial charge is 0.265 e. The van der Waals surface area contributed by atoms with Crippen LogP contribution >= 0.6 is 22.9 Å². The van der Waals surface area contributed by atoms with Crippen LogP contribution < -0.4 is 10.1 Å². The summed E-state index contributed by atoms with van der Waals surface area (Å²) >= 11 is 7.34. The molecule has 2 atom stereocenters. The molecule has 0 saturated carbocycles. The number of piperidine rings is 1. The fourth-order valence-electron chi connectivity index (χ4n) is 3.42. The van der Waals surface area contributed by atoms with Crippen LogP contribution in [-0.2, 0) is 11.2 Å². The molecule has 0 radical (unpaired) electrons. The summed E-state index contributed by atoms with van der Waals surface area (Å²) in [6.45, 7) is 0.676. The van der Waals surface area contributed by atoms with Crippen LogP contribution in [0.25, 0.3) is 0 Å². The van der Waals surface area contributed by atoms with Crippen molar-refractivity contribution in [1.82, 2.24) is 4.90 Å². The maximum absolute atomic E-state index is 12.5. The summed E-state index contributed by atoms with van der Waals surface area (Å²) in [4.78, 5) is 26.2. The van der Waals surface area contributed by atoms with E-state index in [0.29, 0.717) is 35.0 Å². The molecule has 2 N–H and O–H groups in total. The Morgan fingerprint density at radius 1 is 1.33 bits per heavy atom. The number of hydrogen-bond acceptors (Lipinski definition) is 5. The highest BCUT2D eigenvalue weighted by Crippen LogP contribution is 2.30. The standard InChI is InChI=1S/C19H19ClN2O4S/c20-13-6-8-27-18(13)19(25)22-7-5-16(15(23)10-22)26-12-3-1-11-2-4-17(24)21-14(11)9-12/h1,3,6,8-9,15-16,23H,2,4-5,7,10H2,(H,21,24)/t15-,16-/m1/s1. The maximum atomic E-state index is 12.5. The van der Waals surface area contributed by atoms with Crippen molar-refractivity contribution in [2.45, 2.75) is 31.5 Å². The zero-order valence-corrected chi connectivity index (χ0v) is 16.1. The zero-order valence-electron chi connectivity index (χ0n) is 14.5. The van der Waals surface area contributed by atoms with Gasteiger partial charge in [0.05, 0.1) is 11.6 Å². The molecule has 0 spiro atoms. The number of ether oxygens (including phenoxy) is 1. The summed E-state index contributed by atoms with van der Waals surface area (Å²) in [6.07, 6.45) is 0.513. The Hall–Kier alpha value is -2.09. The van der Waals surface area contributed by atoms with E-state index in [2.05, 4.69) is 5.32 Å². The molecular weight excluding hydrogens is 388 g/mol. The summed E-state index contributed by atoms with van der Waals surface area (Å²) in [5.41, 5.74) is 1.84. The van der Waals surface area contributed by atoms with Crippen molar-refractivity contribution >= 4 is 40.4 Å². The lowest BCUT2D eigenvalue weighted by molar-refractivity contribution is -0.116. The van der Waals surface area contributed by atoms with Gasteiger partial charge in [0.25, 0.3) is 5.91 Å². The number of benzene rings is 1. The molecule has 8 heteroatoms. The summed E-state index contributed by atoms with van der Waals surface area (Å²) in [5, 5.41) is 15.5. The molecule has 0 bridgehead atoms. The lowest BCUT2D eigenvalue weighted by Gasteiger charge is -2.36. The molecule has 1 saturated heterocycles. The fourth-order valence-corrected chi connectivity index (χ4v) is 4.52. The van der Waals surface area contributed by atoms with Crippen LogP contribution in [0.2, 0.25) is 5.02 Å². The monoisotopic (exact) mass is 406 g/mol. The summed E-state index contributed by atoms with van der Waals surface area (Å²) in [6, 6.07) is 7.28. The van der Waals surface area contributed by atoms with Crippen molar-refractivity contribution in [3.8, 4) is 5.75 Å². The minimum Gasteiger partial charge on any atom is -0.488 e. The van der Waals surface area contributed by atoms with E-state index >= 15 is 0 Å². The topological polar surface area (TPSA) is 78.9 Å². The van der Waals surface area contributed by atoms with Crippen molar-refractivity contribution in [3.63, 3.8) is 0 Å². The van der Waals surface area contributed by atoms with Gasteiger partial charge in [0.15, 0.2) is 0 Å². The van der Waals surface area contributed by atoms with Crippen LogP contribution in [0.3, 0.4) is 0 Å². The fraction of sp³-hybridized carbons (Fsp3) is 0.368. The zero-order chi connectivity index (χ0) is 19.0. The van der Waals surface area contributed by atoms with Gasteiger partial charge in [0.1, 0.15) is 22.8 Å². The normalized spacial score (nSPS) is 22.1. The molecule has 4 rings (SSSR count). The van der Waals surface area contributed by atoms with Crippen molar-refractivity contribution in [2.75, 3.05) is 18.4 Å². The van der Waals surface area contributed by atoms with Crippen LogP contribution in [0.5, 0.6) is 5.75 Å². The van der Waals surface area contributed by atoms with E-state index < -0.39 is 12.2 Å². The maximum Gasteiger partial charge on any atom is 0.265 e. The van der Waals surface area contributed by atoms with Crippen molar-refractivity contribution in [2.24, 2.45) is 0 Å². The Kier molecular flexibility index (Phi) is 5.08. The van der Waals surface area contributed by atoms with Crippen molar-refractivity contribution < 1.29 is 19.4 Å². The highest BCUT2D eigenvalue weighted by Gasteiger charge is 2.33. The molecule has 2 aromatic rings. The van der Waals surface area contributed by atoms with Gasteiger partial charge in [-0.15, -0.1) is 11.3 Å². The molecule has 2 aliphatic heterocycles. The highest BCUT2D eigenvalue weighted by atomic mass is 35.5. The number of aliphatic hydroxyl groups excluding tert-OH is 1. The number of nitrogens with one attached hydrogen (secondary N) is 1. The minimum atomic E-state index is -0.799. The summed E-state index contributed by atoms with van der Waals surface area (Å²) < 4.78 is 5.95. The molecule has 1 fully saturated rings. The number of hydrogen-bond donors (Lipinski definition) is 2. The van der Waals surface area contributed by atoms with E-state index in [1.807, 2.05) is 12.1 Å². The average molecular weight is 407 g/mol. The number of carbonyl (C=O) groups is 2. The third-order valence-electron chi connectivity index (χ3n) is 4.88. The lowest BCUT2D eigenvalue weighted by atomic mass is 10.0. The van der Waals surface area contributed by atoms with E-state index in [1.165, 1.54) is 11.3 Å². The first-order chi connectivity index (χ1) is 13.0. The van der Waals surface area contributed by atoms with Gasteiger partial charge in [-0.25, -0.2) is 0 Å². The molecule has 2 aliphatic rings. The van der Waals surface area contributed by atoms with Gasteiger partial charge in [-0.2, -0.15) is 0 Å². The number of nitrogens with zero attached hydrogens (tertiary/aromatic N) is 1. The number of anilines is 1. The summed E-state index contributed by atoms with van der Waals surface area (Å²) in [5.74, 6) is 0.434. The highest BCUT2D eigenvalue weighted by molar-refractivity contribution is 7.12. The van der Waals surface area contributed by atoms with E-state index in [1.54, 1.807) is 22.4 Å². The number of likely N-dealkylation sites (tertiary alicyclic amines) is 1. The molecule has 6 nitrogen and oxygen atoms in total. The SMILES string of the molecule is O=C1CCc2ccc(O[C@@H]3CCN(C(=O)c4sccc4Cl)C[C@H]3O)cc2N1. The molecule has 27 heavy (non-hydrogen) atoms. The first-order valence-corrected chi connectivity index (χ1v) is 10.1. The van der Waals surface area contributed by atoms with Crippen LogP contribution in [0, 0.1) is 0 Å². The number of thiophene rings is 1. The molecule has 1 aromatic heterocycles. The number of aryl methyl sites for hydroxylation is 1. The van der Waals surface area contributed by atoms with Gasteiger partial charge in [-0.3, -0.25) is 9.59 Å². The number of aliphatic hydroxyl groups is 1. The van der Waals surface area contributed by atoms with E-state index in [-0.39, 0.29) is 18.4 Å². The Balaban J connectivity index is 1.41. The molecule has 3 heterocycles. The average Bonchev–Trinajstić information content (AvgIpc) is 3.08. The predicted octanol–water partition coefficient (Wildman–Crippen LogP) is 2.94. The van der Waals surface area contributed by atoms with Gasteiger partial charge in [0.2, 0.25) is 5.91 Å². The summed E-state index contributed by atoms with van der Waals surface area (Å²) in [7, 11) is 0. The second-order valence-corrected chi connectivity index (χ2v) is 8.05. The lowest BCUT2D eigenvalue weighted by Crippen LogP contribution is -2.50. The molecule has 0 aliphatic carbocycles. The van der Waals surface area contributed by atoms with Crippen LogP contribution in [0.1, 0.15) is 28.1 Å². The third-order valence-corrected chi connectivity index (χ3v) is 6.21. The molecule has 1 aromatic carbocycles. The first kappa shape index (κ1) is 18.3. The van der Waals surface area contributed by atoms with Gasteiger partial charge in [0, 0.05) is 31.1 Å². The van der Waals surface area contributed by atoms with Crippen LogP contribution in [0.4, 0.5) is 5.69 Å². The van der Waals surface area contributed by atoms with E-state index in [9.17, 15) is 14.7 Å². The van der Waals surface area contributed by atoms with Gasteiger partial charge in [-0.05, 0) is 29.5 Å². The number of amides is 2. The van der Waals surface area contributed by atoms with Crippen LogP contribution in [0.15, 0.2) is 29.6 Å². The molecule has 0 unspecified atom stereocenters. The van der Waals surface area contributed by atoms with Gasteiger partial charge >= 0.3 is 0 Å². The molecular formula is C19H19ClN2O4S. The predicted molar refractivity (Wildman–Crippen MR) is 104 cm³/mol. The number of rotatable bonds is 3. The van der Waals surface area contributed by atoms with E-state index in [4.69, 9.17) is 16.3 Å². The second kappa shape index (κ2) is 7.50. The number of carbonyl (C=O) groups excluding carboxylic acids is 2. The Morgan fingerprint density at radius 3 is 2.93 bits per heavy atom. The molecule has 2 amide bonds. The number of β-amino-alcohol motifs (C(OH)–C–C–N with tert-alkyl or cyclic N) is 1. The van der Waals surface area contributed by atoms with Crippen molar-refractivity contribution in [1.29, 1.82) is 0 Å². The Labute approximate surface area is 165 Å². The Morgan fingerprint density at radius 2 is 2.19 bits per heavy atom.